The Morgan fingerprint density at radius 1 is 1.46 bits per heavy atom. The van der Waals surface area contributed by atoms with E-state index in [9.17, 15) is 8.42 Å². The monoisotopic (exact) mass is 207 g/mol. The Bertz CT molecular complexity index is 246. The molecule has 0 aromatic heterocycles. The Kier molecular flexibility index (Phi) is 3.70. The highest BCUT2D eigenvalue weighted by Crippen LogP contribution is 2.20. The fourth-order valence-electron chi connectivity index (χ4n) is 1.15. The Balaban J connectivity index is 2.56. The van der Waals surface area contributed by atoms with Crippen LogP contribution in [0.2, 0.25) is 0 Å². The summed E-state index contributed by atoms with van der Waals surface area (Å²) in [5, 5.41) is 0. The van der Waals surface area contributed by atoms with E-state index in [-0.39, 0.29) is 12.0 Å². The lowest BCUT2D eigenvalue weighted by Gasteiger charge is -2.18. The molecule has 1 rings (SSSR count). The maximum atomic E-state index is 11.5. The molecular weight excluding hydrogens is 190 g/mol. The van der Waals surface area contributed by atoms with Gasteiger partial charge in [0.05, 0.1) is 12.4 Å². The van der Waals surface area contributed by atoms with Crippen molar-refractivity contribution in [3.63, 3.8) is 0 Å². The second-order valence-corrected chi connectivity index (χ2v) is 5.36. The first kappa shape index (κ1) is 10.9. The topological polar surface area (TPSA) is 49.9 Å². The molecule has 78 valence electrons. The van der Waals surface area contributed by atoms with Crippen LogP contribution in [-0.4, -0.2) is 37.9 Å². The molecule has 0 N–H and O–H groups in total. The summed E-state index contributed by atoms with van der Waals surface area (Å²) in [6, 6.07) is 0. The average Bonchev–Trinajstić information content (AvgIpc) is 2.89. The Morgan fingerprint density at radius 3 is 2.46 bits per heavy atom. The number of unbranched alkanes of at least 4 members (excludes halogenated alkanes) is 1. The number of ether oxygens (including phenoxy) is 1. The van der Waals surface area contributed by atoms with Crippen molar-refractivity contribution in [3.05, 3.63) is 0 Å². The van der Waals surface area contributed by atoms with Crippen LogP contribution in [-0.2, 0) is 14.8 Å². The average molecular weight is 207 g/mol. The van der Waals surface area contributed by atoms with Gasteiger partial charge in [-0.1, -0.05) is 13.3 Å². The van der Waals surface area contributed by atoms with Gasteiger partial charge < -0.3 is 4.74 Å². The Labute approximate surface area is 79.9 Å². The summed E-state index contributed by atoms with van der Waals surface area (Å²) in [7, 11) is -3.06. The van der Waals surface area contributed by atoms with Crippen LogP contribution >= 0.6 is 0 Å². The molecule has 5 heteroatoms. The summed E-state index contributed by atoms with van der Waals surface area (Å²) < 4.78 is 29.6. The maximum Gasteiger partial charge on any atom is 0.216 e. The molecule has 1 saturated heterocycles. The highest BCUT2D eigenvalue weighted by atomic mass is 32.2. The standard InChI is InChI=1S/C8H17NO3S/c1-3-5-6-9(8-7-12-8)13(10,11)4-2/h8H,3-7H2,1-2H3. The molecule has 0 saturated carbocycles. The molecule has 1 fully saturated rings. The molecule has 4 nitrogen and oxygen atoms in total. The van der Waals surface area contributed by atoms with Crippen LogP contribution in [0.5, 0.6) is 0 Å². The van der Waals surface area contributed by atoms with Gasteiger partial charge in [0, 0.05) is 6.54 Å². The number of sulfonamides is 1. The van der Waals surface area contributed by atoms with Gasteiger partial charge in [-0.05, 0) is 13.3 Å². The molecule has 1 atom stereocenters. The van der Waals surface area contributed by atoms with Gasteiger partial charge in [-0.25, -0.2) is 8.42 Å². The van der Waals surface area contributed by atoms with Gasteiger partial charge in [0.1, 0.15) is 6.23 Å². The fraction of sp³-hybridized carbons (Fsp3) is 1.00. The molecule has 0 bridgehead atoms. The summed E-state index contributed by atoms with van der Waals surface area (Å²) in [5.41, 5.74) is 0. The molecule has 0 aromatic carbocycles. The highest BCUT2D eigenvalue weighted by Gasteiger charge is 2.36. The molecule has 1 unspecified atom stereocenters. The third-order valence-corrected chi connectivity index (χ3v) is 3.95. The molecule has 0 aliphatic carbocycles. The van der Waals surface area contributed by atoms with E-state index in [0.29, 0.717) is 13.2 Å². The first-order valence-electron chi connectivity index (χ1n) is 4.73. The van der Waals surface area contributed by atoms with E-state index < -0.39 is 10.0 Å². The van der Waals surface area contributed by atoms with Crippen molar-refractivity contribution in [1.82, 2.24) is 4.31 Å². The van der Waals surface area contributed by atoms with Crippen LogP contribution in [0.4, 0.5) is 0 Å². The molecule has 13 heavy (non-hydrogen) atoms. The predicted molar refractivity (Wildman–Crippen MR) is 50.8 cm³/mol. The summed E-state index contributed by atoms with van der Waals surface area (Å²) in [4.78, 5) is 0. The van der Waals surface area contributed by atoms with Crippen LogP contribution in [0.15, 0.2) is 0 Å². The predicted octanol–water partition coefficient (Wildman–Crippen LogP) is 0.794. The van der Waals surface area contributed by atoms with Gasteiger partial charge >= 0.3 is 0 Å². The lowest BCUT2D eigenvalue weighted by molar-refractivity contribution is 0.267. The van der Waals surface area contributed by atoms with Gasteiger partial charge in [-0.2, -0.15) is 4.31 Å². The zero-order valence-corrected chi connectivity index (χ0v) is 9.01. The second-order valence-electron chi connectivity index (χ2n) is 3.15. The van der Waals surface area contributed by atoms with Crippen LogP contribution in [0, 0.1) is 0 Å². The van der Waals surface area contributed by atoms with Crippen molar-refractivity contribution < 1.29 is 13.2 Å². The zero-order chi connectivity index (χ0) is 9.90. The van der Waals surface area contributed by atoms with Crippen molar-refractivity contribution in [2.45, 2.75) is 32.9 Å². The van der Waals surface area contributed by atoms with Crippen molar-refractivity contribution in [1.29, 1.82) is 0 Å². The van der Waals surface area contributed by atoms with E-state index >= 15 is 0 Å². The summed E-state index contributed by atoms with van der Waals surface area (Å²) in [6.07, 6.45) is 1.73. The molecule has 0 aromatic rings. The summed E-state index contributed by atoms with van der Waals surface area (Å²) in [6.45, 7) is 4.86. The lowest BCUT2D eigenvalue weighted by Crippen LogP contribution is -2.35. The normalized spacial score (nSPS) is 22.2. The molecule has 1 heterocycles. The van der Waals surface area contributed by atoms with Crippen LogP contribution < -0.4 is 0 Å². The summed E-state index contributed by atoms with van der Waals surface area (Å²) in [5.74, 6) is 0.163. The van der Waals surface area contributed by atoms with E-state index in [4.69, 9.17) is 4.74 Å². The van der Waals surface area contributed by atoms with E-state index in [1.54, 1.807) is 6.92 Å². The molecule has 0 spiro atoms. The number of hydrogen-bond donors (Lipinski definition) is 0. The van der Waals surface area contributed by atoms with E-state index in [0.717, 1.165) is 12.8 Å². The number of rotatable bonds is 6. The van der Waals surface area contributed by atoms with Gasteiger partial charge in [0.15, 0.2) is 0 Å². The van der Waals surface area contributed by atoms with Crippen molar-refractivity contribution in [2.75, 3.05) is 18.9 Å². The first-order valence-corrected chi connectivity index (χ1v) is 6.34. The summed E-state index contributed by atoms with van der Waals surface area (Å²) >= 11 is 0. The highest BCUT2D eigenvalue weighted by molar-refractivity contribution is 7.89. The van der Waals surface area contributed by atoms with Crippen molar-refractivity contribution in [2.24, 2.45) is 0 Å². The number of epoxide rings is 1. The third-order valence-electron chi connectivity index (χ3n) is 2.09. The van der Waals surface area contributed by atoms with E-state index in [1.165, 1.54) is 4.31 Å². The molecule has 1 aliphatic heterocycles. The van der Waals surface area contributed by atoms with Gasteiger partial charge in [-0.3, -0.25) is 0 Å². The molecule has 1 aliphatic rings. The largest absolute Gasteiger partial charge is 0.356 e. The Hall–Kier alpha value is -0.130. The first-order chi connectivity index (χ1) is 6.11. The molecule has 0 radical (unpaired) electrons. The van der Waals surface area contributed by atoms with Crippen LogP contribution in [0.3, 0.4) is 0 Å². The minimum Gasteiger partial charge on any atom is -0.356 e. The zero-order valence-electron chi connectivity index (χ0n) is 8.19. The second kappa shape index (κ2) is 4.39. The minimum atomic E-state index is -3.06. The smallest absolute Gasteiger partial charge is 0.216 e. The third kappa shape index (κ3) is 2.93. The van der Waals surface area contributed by atoms with E-state index in [2.05, 4.69) is 0 Å². The Morgan fingerprint density at radius 2 is 2.08 bits per heavy atom. The quantitative estimate of drug-likeness (QED) is 0.605. The van der Waals surface area contributed by atoms with Crippen LogP contribution in [0.25, 0.3) is 0 Å². The maximum absolute atomic E-state index is 11.5. The van der Waals surface area contributed by atoms with Crippen molar-refractivity contribution >= 4 is 10.0 Å². The van der Waals surface area contributed by atoms with Crippen molar-refractivity contribution in [3.8, 4) is 0 Å². The fourth-order valence-corrected chi connectivity index (χ4v) is 2.37. The molecular formula is C8H17NO3S. The minimum absolute atomic E-state index is 0.163. The number of nitrogens with zero attached hydrogens (tertiary/aromatic N) is 1. The van der Waals surface area contributed by atoms with Crippen LogP contribution in [0.1, 0.15) is 26.7 Å². The van der Waals surface area contributed by atoms with Gasteiger partial charge in [0.2, 0.25) is 10.0 Å². The van der Waals surface area contributed by atoms with Gasteiger partial charge in [0.25, 0.3) is 0 Å². The van der Waals surface area contributed by atoms with Gasteiger partial charge in [-0.15, -0.1) is 0 Å². The van der Waals surface area contributed by atoms with E-state index in [1.807, 2.05) is 6.92 Å². The molecule has 0 amide bonds. The lowest BCUT2D eigenvalue weighted by atomic mass is 10.3. The SMILES string of the molecule is CCCCN(C1CO1)S(=O)(=O)CC. The number of hydrogen-bond acceptors (Lipinski definition) is 3.